The van der Waals surface area contributed by atoms with E-state index in [4.69, 9.17) is 0 Å². The number of anilines is 1. The SMILES string of the molecule is CC(=O)NC(Cc1ccccc1)C(=O)N[C@@H](Cc1ccc(N2CC(=O)NS2(=O)=O)c(Br)c1)C(=O)NCCCCc1ccccc1. The molecule has 2 atom stereocenters. The molecule has 1 heterocycles. The van der Waals surface area contributed by atoms with Gasteiger partial charge in [-0.3, -0.25) is 19.2 Å². The zero-order chi connectivity index (χ0) is 32.4. The highest BCUT2D eigenvalue weighted by Gasteiger charge is 2.35. The molecular weight excluding hydrogens is 662 g/mol. The number of nitrogens with zero attached hydrogens (tertiary/aromatic N) is 1. The number of amides is 4. The van der Waals surface area contributed by atoms with Crippen molar-refractivity contribution in [1.82, 2.24) is 20.7 Å². The lowest BCUT2D eigenvalue weighted by Crippen LogP contribution is -2.55. The van der Waals surface area contributed by atoms with E-state index in [9.17, 15) is 27.6 Å². The van der Waals surface area contributed by atoms with E-state index in [0.29, 0.717) is 16.6 Å². The zero-order valence-corrected chi connectivity index (χ0v) is 27.2. The summed E-state index contributed by atoms with van der Waals surface area (Å²) in [5.74, 6) is -1.92. The van der Waals surface area contributed by atoms with Crippen LogP contribution in [0.5, 0.6) is 0 Å². The lowest BCUT2D eigenvalue weighted by molar-refractivity contribution is -0.131. The second-order valence-electron chi connectivity index (χ2n) is 10.8. The third-order valence-corrected chi connectivity index (χ3v) is 9.21. The number of rotatable bonds is 14. The van der Waals surface area contributed by atoms with E-state index < -0.39 is 34.1 Å². The Labute approximate surface area is 271 Å². The molecule has 4 rings (SSSR count). The van der Waals surface area contributed by atoms with Crippen molar-refractivity contribution < 1.29 is 27.6 Å². The maximum atomic E-state index is 13.5. The number of halogens is 1. The van der Waals surface area contributed by atoms with E-state index >= 15 is 0 Å². The van der Waals surface area contributed by atoms with Gasteiger partial charge < -0.3 is 16.0 Å². The van der Waals surface area contributed by atoms with Crippen LogP contribution in [0.3, 0.4) is 0 Å². The quantitative estimate of drug-likeness (QED) is 0.190. The third kappa shape index (κ3) is 9.88. The molecule has 1 aliphatic rings. The third-order valence-electron chi connectivity index (χ3n) is 7.18. The Hall–Kier alpha value is -4.23. The summed E-state index contributed by atoms with van der Waals surface area (Å²) >= 11 is 3.39. The van der Waals surface area contributed by atoms with Crippen molar-refractivity contribution in [2.75, 3.05) is 17.4 Å². The Morgan fingerprint density at radius 2 is 1.47 bits per heavy atom. The van der Waals surface area contributed by atoms with Gasteiger partial charge in [-0.15, -0.1) is 0 Å². The van der Waals surface area contributed by atoms with Crippen molar-refractivity contribution in [3.05, 3.63) is 100 Å². The average molecular weight is 699 g/mol. The number of aryl methyl sites for hydroxylation is 1. The number of hydrogen-bond acceptors (Lipinski definition) is 6. The fourth-order valence-corrected chi connectivity index (χ4v) is 6.92. The second-order valence-corrected chi connectivity index (χ2v) is 13.2. The number of nitrogens with one attached hydrogen (secondary N) is 4. The molecule has 1 fully saturated rings. The number of unbranched alkanes of at least 4 members (excludes halogenated alkanes) is 1. The summed E-state index contributed by atoms with van der Waals surface area (Å²) in [4.78, 5) is 50.6. The number of carbonyl (C=O) groups is 4. The molecule has 3 aromatic carbocycles. The molecule has 0 spiro atoms. The highest BCUT2D eigenvalue weighted by molar-refractivity contribution is 9.10. The van der Waals surface area contributed by atoms with Crippen LogP contribution in [0.1, 0.15) is 36.5 Å². The Morgan fingerprint density at radius 3 is 2.07 bits per heavy atom. The monoisotopic (exact) mass is 697 g/mol. The lowest BCUT2D eigenvalue weighted by Gasteiger charge is -2.24. The van der Waals surface area contributed by atoms with Gasteiger partial charge in [0.05, 0.1) is 5.69 Å². The maximum Gasteiger partial charge on any atom is 0.326 e. The summed E-state index contributed by atoms with van der Waals surface area (Å²) in [6, 6.07) is 22.2. The largest absolute Gasteiger partial charge is 0.354 e. The second kappa shape index (κ2) is 15.7. The minimum absolute atomic E-state index is 0.0858. The smallest absolute Gasteiger partial charge is 0.326 e. The Kier molecular flexibility index (Phi) is 11.7. The molecule has 0 saturated carbocycles. The van der Waals surface area contributed by atoms with Gasteiger partial charge in [0.2, 0.25) is 17.7 Å². The molecule has 0 radical (unpaired) electrons. The van der Waals surface area contributed by atoms with Crippen molar-refractivity contribution in [2.24, 2.45) is 0 Å². The van der Waals surface area contributed by atoms with Gasteiger partial charge in [0.15, 0.2) is 0 Å². The first kappa shape index (κ1) is 33.7. The summed E-state index contributed by atoms with van der Waals surface area (Å²) < 4.78 is 28.0. The first-order chi connectivity index (χ1) is 21.5. The zero-order valence-electron chi connectivity index (χ0n) is 24.8. The van der Waals surface area contributed by atoms with Crippen LogP contribution in [0, 0.1) is 0 Å². The molecule has 4 N–H and O–H groups in total. The molecule has 11 nitrogen and oxygen atoms in total. The molecule has 0 aliphatic carbocycles. The van der Waals surface area contributed by atoms with Crippen molar-refractivity contribution >= 4 is 55.5 Å². The van der Waals surface area contributed by atoms with Gasteiger partial charge in [0.1, 0.15) is 18.6 Å². The number of hydrogen-bond donors (Lipinski definition) is 4. The molecule has 13 heteroatoms. The molecular formula is C32H36BrN5O6S. The molecule has 1 aliphatic heterocycles. The topological polar surface area (TPSA) is 154 Å². The summed E-state index contributed by atoms with van der Waals surface area (Å²) in [6.45, 7) is 1.39. The van der Waals surface area contributed by atoms with Crippen LogP contribution in [0.2, 0.25) is 0 Å². The first-order valence-corrected chi connectivity index (χ1v) is 16.8. The van der Waals surface area contributed by atoms with Gasteiger partial charge >= 0.3 is 10.2 Å². The standard InChI is InChI=1S/C32H36BrN5O6S/c1-22(39)35-28(19-24-13-6-3-7-14-24)32(42)36-27(31(41)34-17-9-8-12-23-10-4-2-5-11-23)20-25-15-16-29(26(33)18-25)38-21-30(40)37-45(38,43)44/h2-7,10-11,13-16,18,27-28H,8-9,12,17,19-21H2,1H3,(H,34,41)(H,35,39)(H,36,42)(H,37,40)/t27-,28?/m0/s1. The molecule has 45 heavy (non-hydrogen) atoms. The molecule has 0 bridgehead atoms. The van der Waals surface area contributed by atoms with Crippen molar-refractivity contribution in [3.8, 4) is 0 Å². The van der Waals surface area contributed by atoms with Gasteiger partial charge in [-0.05, 0) is 64.0 Å². The first-order valence-electron chi connectivity index (χ1n) is 14.6. The molecule has 3 aromatic rings. The maximum absolute atomic E-state index is 13.5. The van der Waals surface area contributed by atoms with E-state index in [-0.39, 0.29) is 36.9 Å². The Morgan fingerprint density at radius 1 is 0.844 bits per heavy atom. The van der Waals surface area contributed by atoms with E-state index in [1.807, 2.05) is 53.3 Å². The molecule has 1 saturated heterocycles. The summed E-state index contributed by atoms with van der Waals surface area (Å²) in [5.41, 5.74) is 2.95. The fraction of sp³-hybridized carbons (Fsp3) is 0.312. The minimum Gasteiger partial charge on any atom is -0.354 e. The lowest BCUT2D eigenvalue weighted by atomic mass is 10.0. The van der Waals surface area contributed by atoms with Crippen LogP contribution in [-0.4, -0.2) is 57.2 Å². The predicted octanol–water partition coefficient (Wildman–Crippen LogP) is 2.54. The predicted molar refractivity (Wildman–Crippen MR) is 174 cm³/mol. The van der Waals surface area contributed by atoms with E-state index in [0.717, 1.165) is 29.1 Å². The summed E-state index contributed by atoms with van der Waals surface area (Å²) in [5, 5.41) is 8.43. The highest BCUT2D eigenvalue weighted by atomic mass is 79.9. The highest BCUT2D eigenvalue weighted by Crippen LogP contribution is 2.31. The number of benzene rings is 3. The van der Waals surface area contributed by atoms with Gasteiger partial charge in [-0.2, -0.15) is 8.42 Å². The van der Waals surface area contributed by atoms with Crippen LogP contribution >= 0.6 is 15.9 Å². The molecule has 1 unspecified atom stereocenters. The Bertz CT molecular complexity index is 1620. The van der Waals surface area contributed by atoms with Crippen molar-refractivity contribution in [2.45, 2.75) is 51.1 Å². The molecule has 0 aromatic heterocycles. The van der Waals surface area contributed by atoms with Crippen LogP contribution in [0.4, 0.5) is 5.69 Å². The average Bonchev–Trinajstić information content (AvgIpc) is 3.28. The van der Waals surface area contributed by atoms with Crippen LogP contribution < -0.4 is 25.0 Å². The van der Waals surface area contributed by atoms with E-state index in [1.54, 1.807) is 12.1 Å². The summed E-state index contributed by atoms with van der Waals surface area (Å²) in [6.07, 6.45) is 2.80. The molecule has 4 amide bonds. The van der Waals surface area contributed by atoms with Crippen LogP contribution in [0.15, 0.2) is 83.3 Å². The van der Waals surface area contributed by atoms with Gasteiger partial charge in [-0.1, -0.05) is 66.7 Å². The normalized spacial score (nSPS) is 15.1. The van der Waals surface area contributed by atoms with Crippen molar-refractivity contribution in [1.29, 1.82) is 0 Å². The van der Waals surface area contributed by atoms with Crippen LogP contribution in [0.25, 0.3) is 0 Å². The molecule has 238 valence electrons. The number of carbonyl (C=O) groups excluding carboxylic acids is 4. The summed E-state index contributed by atoms with van der Waals surface area (Å²) in [7, 11) is -4.01. The van der Waals surface area contributed by atoms with Crippen LogP contribution in [-0.2, 0) is 48.6 Å². The Balaban J connectivity index is 1.48. The van der Waals surface area contributed by atoms with E-state index in [1.165, 1.54) is 18.6 Å². The van der Waals surface area contributed by atoms with Gasteiger partial charge in [0, 0.05) is 30.8 Å². The fourth-order valence-electron chi connectivity index (χ4n) is 5.00. The van der Waals surface area contributed by atoms with Gasteiger partial charge in [0.25, 0.3) is 5.91 Å². The minimum atomic E-state index is -4.01. The van der Waals surface area contributed by atoms with Crippen molar-refractivity contribution in [3.63, 3.8) is 0 Å². The van der Waals surface area contributed by atoms with E-state index in [2.05, 4.69) is 44.0 Å². The van der Waals surface area contributed by atoms with Gasteiger partial charge in [-0.25, -0.2) is 9.03 Å².